The molecule has 0 unspecified atom stereocenters. The zero-order valence-electron chi connectivity index (χ0n) is 44.7. The fraction of sp³-hybridized carbons (Fsp3) is 0.800. The van der Waals surface area contributed by atoms with Crippen LogP contribution in [0, 0.1) is 5.82 Å². The van der Waals surface area contributed by atoms with E-state index in [0.717, 1.165) is 12.1 Å². The Kier molecular flexibility index (Phi) is 36.5. The number of aliphatic imine (C=N–C) groups is 5. The number of rotatable bonds is 13. The van der Waals surface area contributed by atoms with Gasteiger partial charge in [-0.05, 0) is 158 Å². The topological polar surface area (TPSA) is 277 Å². The summed E-state index contributed by atoms with van der Waals surface area (Å²) in [7, 11) is 0. The van der Waals surface area contributed by atoms with E-state index in [0.29, 0.717) is 11.3 Å². The normalized spacial score (nSPS) is 16.7. The lowest BCUT2D eigenvalue weighted by molar-refractivity contribution is -0.101. The Morgan fingerprint density at radius 1 is 0.537 bits per heavy atom. The SMILES string of the molecule is C.CC(=NC(C)(C)C)[C@@H](O)[C@@H](O)[C@H](O)[C@H](O)CO.CC(=NC(C)(C)C)[C@H](O)[C@@H](O)[C@H](O)[C@H](O)CO.CC(=NC(C)(C)C)c1ccncc1F.CC(C)=NC(C)(C)C.CCCC(C)=NC(C)(C)C. The Balaban J connectivity index is -0.000000244. The molecule has 67 heavy (non-hydrogen) atoms. The zero-order chi connectivity index (χ0) is 53.4. The van der Waals surface area contributed by atoms with Gasteiger partial charge in [-0.3, -0.25) is 29.9 Å². The van der Waals surface area contributed by atoms with Crippen molar-refractivity contribution in [3.63, 3.8) is 0 Å². The van der Waals surface area contributed by atoms with E-state index in [1.54, 1.807) is 12.3 Å². The molecule has 0 aliphatic carbocycles. The van der Waals surface area contributed by atoms with E-state index >= 15 is 0 Å². The molecule has 0 fully saturated rings. The van der Waals surface area contributed by atoms with Crippen LogP contribution in [0.15, 0.2) is 43.4 Å². The summed E-state index contributed by atoms with van der Waals surface area (Å²) in [4.78, 5) is 25.2. The fourth-order valence-electron chi connectivity index (χ4n) is 5.62. The third-order valence-corrected chi connectivity index (χ3v) is 7.75. The maximum absolute atomic E-state index is 13.3. The van der Waals surface area contributed by atoms with Gasteiger partial charge in [0.1, 0.15) is 54.6 Å². The Morgan fingerprint density at radius 3 is 1.10 bits per heavy atom. The second kappa shape index (κ2) is 33.5. The van der Waals surface area contributed by atoms with Crippen molar-refractivity contribution in [2.45, 2.75) is 249 Å². The van der Waals surface area contributed by atoms with Gasteiger partial charge in [0.25, 0.3) is 0 Å². The van der Waals surface area contributed by atoms with Crippen LogP contribution < -0.4 is 0 Å². The number of aliphatic hydroxyl groups is 10. The third kappa shape index (κ3) is 40.6. The number of aliphatic hydroxyl groups excluding tert-OH is 10. The second-order valence-corrected chi connectivity index (χ2v) is 21.4. The molecule has 0 bridgehead atoms. The number of halogens is 1. The van der Waals surface area contributed by atoms with Gasteiger partial charge in [0.2, 0.25) is 0 Å². The van der Waals surface area contributed by atoms with Gasteiger partial charge in [-0.25, -0.2) is 4.39 Å². The Labute approximate surface area is 405 Å². The highest BCUT2D eigenvalue weighted by Crippen LogP contribution is 2.15. The standard InChI is InChI=1S/C11H15FN2.2C11H23NO5.C9H19N.C7H15N.CH4/c1-8(14-11(2,3)4)9-5-6-13-7-10(9)12;2*1-6(12-11(2,3)4)8(15)10(17)9(16)7(14)5-13;1-6-7-8(2)10-9(3,4)5;1-6(2)8-7(3,4)5;/h5-7H,1-4H3;2*7-10,13-17H,5H2,1-4H3;6-7H2,1-5H3;1-5H3;1H4/t;7-,8+,9-,10-;7-,8-,9-,10-;;;/m.11.../s1. The first-order valence-corrected chi connectivity index (χ1v) is 22.5. The van der Waals surface area contributed by atoms with Gasteiger partial charge in [-0.1, -0.05) is 20.8 Å². The van der Waals surface area contributed by atoms with Crippen molar-refractivity contribution < 1.29 is 55.5 Å². The first-order chi connectivity index (χ1) is 29.5. The first-order valence-electron chi connectivity index (χ1n) is 22.5. The van der Waals surface area contributed by atoms with E-state index in [2.05, 4.69) is 85.3 Å². The molecule has 0 aliphatic rings. The van der Waals surface area contributed by atoms with Crippen LogP contribution in [0.2, 0.25) is 0 Å². The van der Waals surface area contributed by atoms with Crippen LogP contribution in [0.25, 0.3) is 0 Å². The molecule has 0 amide bonds. The van der Waals surface area contributed by atoms with Crippen molar-refractivity contribution >= 4 is 28.6 Å². The summed E-state index contributed by atoms with van der Waals surface area (Å²) in [5, 5.41) is 93.1. The van der Waals surface area contributed by atoms with Crippen molar-refractivity contribution in [2.75, 3.05) is 13.2 Å². The highest BCUT2D eigenvalue weighted by molar-refractivity contribution is 5.99. The molecule has 16 nitrogen and oxygen atoms in total. The average Bonchev–Trinajstić information content (AvgIpc) is 3.12. The highest BCUT2D eigenvalue weighted by Gasteiger charge is 2.33. The van der Waals surface area contributed by atoms with E-state index in [1.165, 1.54) is 32.2 Å². The maximum Gasteiger partial charge on any atom is 0.150 e. The summed E-state index contributed by atoms with van der Waals surface area (Å²) in [5.41, 5.74) is 3.39. The van der Waals surface area contributed by atoms with Crippen LogP contribution in [0.1, 0.15) is 178 Å². The van der Waals surface area contributed by atoms with Crippen molar-refractivity contribution in [1.82, 2.24) is 4.98 Å². The predicted molar refractivity (Wildman–Crippen MR) is 277 cm³/mol. The lowest BCUT2D eigenvalue weighted by Gasteiger charge is -2.26. The van der Waals surface area contributed by atoms with Crippen molar-refractivity contribution in [1.29, 1.82) is 0 Å². The van der Waals surface area contributed by atoms with Crippen LogP contribution in [0.4, 0.5) is 4.39 Å². The van der Waals surface area contributed by atoms with Crippen LogP contribution in [-0.4, -0.2) is 174 Å². The van der Waals surface area contributed by atoms with E-state index in [-0.39, 0.29) is 41.3 Å². The van der Waals surface area contributed by atoms with Crippen molar-refractivity contribution in [3.8, 4) is 0 Å². The maximum atomic E-state index is 13.3. The Bertz CT molecular complexity index is 1580. The van der Waals surface area contributed by atoms with Gasteiger partial charge in [0.05, 0.1) is 47.1 Å². The van der Waals surface area contributed by atoms with Crippen LogP contribution in [-0.2, 0) is 0 Å². The number of aromatic nitrogens is 1. The van der Waals surface area contributed by atoms with E-state index in [9.17, 15) is 35.0 Å². The summed E-state index contributed by atoms with van der Waals surface area (Å²) in [6, 6.07) is 1.64. The molecule has 1 aromatic heterocycles. The van der Waals surface area contributed by atoms with Gasteiger partial charge in [-0.2, -0.15) is 0 Å². The molecule has 0 spiro atoms. The monoisotopic (exact) mass is 963 g/mol. The largest absolute Gasteiger partial charge is 0.394 e. The minimum atomic E-state index is -1.62. The summed E-state index contributed by atoms with van der Waals surface area (Å²) in [5.74, 6) is -0.321. The quantitative estimate of drug-likeness (QED) is 0.100. The average molecular weight is 963 g/mol. The third-order valence-electron chi connectivity index (χ3n) is 7.75. The number of hydrogen-bond acceptors (Lipinski definition) is 16. The minimum Gasteiger partial charge on any atom is -0.394 e. The van der Waals surface area contributed by atoms with Gasteiger partial charge in [0.15, 0.2) is 0 Å². The molecule has 1 heterocycles. The fourth-order valence-corrected chi connectivity index (χ4v) is 5.62. The molecular formula is C50H99FN6O10. The molecule has 0 aliphatic heterocycles. The second-order valence-electron chi connectivity index (χ2n) is 21.4. The van der Waals surface area contributed by atoms with Gasteiger partial charge >= 0.3 is 0 Å². The molecule has 10 N–H and O–H groups in total. The summed E-state index contributed by atoms with van der Waals surface area (Å²) in [6.45, 7) is 41.4. The van der Waals surface area contributed by atoms with Crippen molar-refractivity contribution in [3.05, 3.63) is 29.8 Å². The minimum absolute atomic E-state index is 0. The Hall–Kier alpha value is -2.97. The summed E-state index contributed by atoms with van der Waals surface area (Å²) in [6.07, 6.45) is -7.09. The first kappa shape index (κ1) is 73.0. The summed E-state index contributed by atoms with van der Waals surface area (Å²) < 4.78 is 13.3. The highest BCUT2D eigenvalue weighted by atomic mass is 19.1. The van der Waals surface area contributed by atoms with E-state index in [1.807, 2.05) is 83.1 Å². The smallest absolute Gasteiger partial charge is 0.150 e. The molecule has 0 saturated heterocycles. The molecule has 0 radical (unpaired) electrons. The van der Waals surface area contributed by atoms with E-state index < -0.39 is 73.1 Å². The lowest BCUT2D eigenvalue weighted by Crippen LogP contribution is -2.48. The number of nitrogens with zero attached hydrogens (tertiary/aromatic N) is 6. The molecular weight excluding hydrogens is 864 g/mol. The molecule has 0 saturated carbocycles. The van der Waals surface area contributed by atoms with E-state index in [4.69, 9.17) is 20.4 Å². The molecule has 8 atom stereocenters. The van der Waals surface area contributed by atoms with Crippen molar-refractivity contribution in [2.24, 2.45) is 25.0 Å². The lowest BCUT2D eigenvalue weighted by atomic mass is 9.99. The molecule has 0 aromatic carbocycles. The van der Waals surface area contributed by atoms with Crippen LogP contribution in [0.3, 0.4) is 0 Å². The molecule has 1 rings (SSSR count). The predicted octanol–water partition coefficient (Wildman–Crippen LogP) is 6.14. The van der Waals surface area contributed by atoms with Crippen LogP contribution >= 0.6 is 0 Å². The molecule has 396 valence electrons. The van der Waals surface area contributed by atoms with Gasteiger partial charge in [0, 0.05) is 40.3 Å². The number of hydrogen-bond donors (Lipinski definition) is 10. The molecule has 17 heteroatoms. The Morgan fingerprint density at radius 2 is 0.866 bits per heavy atom. The number of pyridine rings is 1. The zero-order valence-corrected chi connectivity index (χ0v) is 44.7. The van der Waals surface area contributed by atoms with Gasteiger partial charge in [-0.15, -0.1) is 0 Å². The molecule has 1 aromatic rings. The van der Waals surface area contributed by atoms with Gasteiger partial charge < -0.3 is 51.1 Å². The van der Waals surface area contributed by atoms with Crippen LogP contribution in [0.5, 0.6) is 0 Å². The summed E-state index contributed by atoms with van der Waals surface area (Å²) >= 11 is 0.